The summed E-state index contributed by atoms with van der Waals surface area (Å²) in [7, 11) is 1.65. The van der Waals surface area contributed by atoms with E-state index in [1.165, 1.54) is 0 Å². The predicted molar refractivity (Wildman–Crippen MR) is 67.3 cm³/mol. The SMILES string of the molecule is CCCNCC(O)COCCCOCCOC. The average molecular weight is 249 g/mol. The normalized spacial score (nSPS) is 12.9. The van der Waals surface area contributed by atoms with Gasteiger partial charge < -0.3 is 24.6 Å². The molecule has 0 heterocycles. The first-order valence-electron chi connectivity index (χ1n) is 6.34. The third-order valence-electron chi connectivity index (χ3n) is 2.13. The molecule has 0 bridgehead atoms. The summed E-state index contributed by atoms with van der Waals surface area (Å²) in [4.78, 5) is 0. The fourth-order valence-corrected chi connectivity index (χ4v) is 1.23. The van der Waals surface area contributed by atoms with E-state index in [9.17, 15) is 5.11 Å². The molecule has 0 aromatic carbocycles. The minimum absolute atomic E-state index is 0.384. The summed E-state index contributed by atoms with van der Waals surface area (Å²) < 4.78 is 15.5. The molecule has 0 radical (unpaired) electrons. The van der Waals surface area contributed by atoms with E-state index in [1.54, 1.807) is 7.11 Å². The third kappa shape index (κ3) is 13.7. The van der Waals surface area contributed by atoms with Gasteiger partial charge in [0, 0.05) is 26.9 Å². The number of ether oxygens (including phenoxy) is 3. The van der Waals surface area contributed by atoms with E-state index in [4.69, 9.17) is 14.2 Å². The van der Waals surface area contributed by atoms with E-state index < -0.39 is 6.10 Å². The van der Waals surface area contributed by atoms with Crippen LogP contribution in [0, 0.1) is 0 Å². The molecule has 0 rings (SSSR count). The highest BCUT2D eigenvalue weighted by Gasteiger charge is 2.02. The molecular weight excluding hydrogens is 222 g/mol. The average Bonchev–Trinajstić information content (AvgIpc) is 2.33. The van der Waals surface area contributed by atoms with Gasteiger partial charge in [-0.25, -0.2) is 0 Å². The standard InChI is InChI=1S/C12H27NO4/c1-3-5-13-10-12(14)11-17-7-4-6-16-9-8-15-2/h12-14H,3-11H2,1-2H3. The lowest BCUT2D eigenvalue weighted by Crippen LogP contribution is -2.31. The minimum Gasteiger partial charge on any atom is -0.389 e. The Morgan fingerprint density at radius 1 is 1.12 bits per heavy atom. The third-order valence-corrected chi connectivity index (χ3v) is 2.13. The summed E-state index contributed by atoms with van der Waals surface area (Å²) >= 11 is 0. The lowest BCUT2D eigenvalue weighted by molar-refractivity contribution is 0.0192. The first-order valence-corrected chi connectivity index (χ1v) is 6.34. The molecule has 0 amide bonds. The van der Waals surface area contributed by atoms with Crippen LogP contribution < -0.4 is 5.32 Å². The van der Waals surface area contributed by atoms with Crippen LogP contribution in [0.2, 0.25) is 0 Å². The number of hydrogen-bond donors (Lipinski definition) is 2. The molecule has 0 aliphatic heterocycles. The second-order valence-corrected chi connectivity index (χ2v) is 3.89. The van der Waals surface area contributed by atoms with Gasteiger partial charge in [-0.05, 0) is 19.4 Å². The molecule has 0 fully saturated rings. The summed E-state index contributed by atoms with van der Waals surface area (Å²) in [6, 6.07) is 0. The Labute approximate surface area is 104 Å². The highest BCUT2D eigenvalue weighted by molar-refractivity contribution is 4.57. The maximum absolute atomic E-state index is 9.51. The Balaban J connectivity index is 3.05. The van der Waals surface area contributed by atoms with Gasteiger partial charge in [0.2, 0.25) is 0 Å². The molecule has 17 heavy (non-hydrogen) atoms. The van der Waals surface area contributed by atoms with Gasteiger partial charge in [0.1, 0.15) is 0 Å². The van der Waals surface area contributed by atoms with Crippen molar-refractivity contribution in [3.63, 3.8) is 0 Å². The van der Waals surface area contributed by atoms with Gasteiger partial charge in [0.15, 0.2) is 0 Å². The van der Waals surface area contributed by atoms with Crippen molar-refractivity contribution < 1.29 is 19.3 Å². The van der Waals surface area contributed by atoms with Crippen LogP contribution in [0.4, 0.5) is 0 Å². The molecule has 1 atom stereocenters. The van der Waals surface area contributed by atoms with Crippen LogP contribution in [0.3, 0.4) is 0 Å². The summed E-state index contributed by atoms with van der Waals surface area (Å²) in [5.74, 6) is 0. The molecule has 0 aliphatic carbocycles. The van der Waals surface area contributed by atoms with Gasteiger partial charge in [0.05, 0.1) is 25.9 Å². The molecule has 0 aromatic heterocycles. The number of aliphatic hydroxyl groups excluding tert-OH is 1. The van der Waals surface area contributed by atoms with E-state index in [0.29, 0.717) is 39.6 Å². The first-order chi connectivity index (χ1) is 8.31. The van der Waals surface area contributed by atoms with Crippen LogP contribution in [0.5, 0.6) is 0 Å². The molecule has 1 unspecified atom stereocenters. The zero-order valence-corrected chi connectivity index (χ0v) is 11.1. The Bertz CT molecular complexity index is 146. The molecular formula is C12H27NO4. The Hall–Kier alpha value is -0.200. The quantitative estimate of drug-likeness (QED) is 0.463. The van der Waals surface area contributed by atoms with Gasteiger partial charge in [-0.15, -0.1) is 0 Å². The van der Waals surface area contributed by atoms with Crippen molar-refractivity contribution in [2.24, 2.45) is 0 Å². The van der Waals surface area contributed by atoms with Crippen LogP contribution in [-0.2, 0) is 14.2 Å². The minimum atomic E-state index is -0.420. The zero-order chi connectivity index (χ0) is 12.8. The molecule has 0 aromatic rings. The van der Waals surface area contributed by atoms with Crippen molar-refractivity contribution >= 4 is 0 Å². The van der Waals surface area contributed by atoms with Crippen LogP contribution >= 0.6 is 0 Å². The van der Waals surface area contributed by atoms with Crippen molar-refractivity contribution in [2.75, 3.05) is 53.2 Å². The maximum Gasteiger partial charge on any atom is 0.0897 e. The highest BCUT2D eigenvalue weighted by atomic mass is 16.5. The van der Waals surface area contributed by atoms with E-state index in [0.717, 1.165) is 19.4 Å². The van der Waals surface area contributed by atoms with Gasteiger partial charge in [-0.1, -0.05) is 6.92 Å². The van der Waals surface area contributed by atoms with Crippen LogP contribution in [0.25, 0.3) is 0 Å². The van der Waals surface area contributed by atoms with Gasteiger partial charge in [-0.3, -0.25) is 0 Å². The Morgan fingerprint density at radius 2 is 1.88 bits per heavy atom. The summed E-state index contributed by atoms with van der Waals surface area (Å²) in [6.45, 7) is 6.56. The first kappa shape index (κ1) is 16.8. The highest BCUT2D eigenvalue weighted by Crippen LogP contribution is 1.89. The lowest BCUT2D eigenvalue weighted by atomic mass is 10.3. The smallest absolute Gasteiger partial charge is 0.0897 e. The number of rotatable bonds is 13. The number of methoxy groups -OCH3 is 1. The summed E-state index contributed by atoms with van der Waals surface area (Å²) in [5.41, 5.74) is 0. The second-order valence-electron chi connectivity index (χ2n) is 3.89. The topological polar surface area (TPSA) is 60.0 Å². The van der Waals surface area contributed by atoms with Gasteiger partial charge in [0.25, 0.3) is 0 Å². The van der Waals surface area contributed by atoms with Gasteiger partial charge in [-0.2, -0.15) is 0 Å². The fraction of sp³-hybridized carbons (Fsp3) is 1.00. The molecule has 0 spiro atoms. The van der Waals surface area contributed by atoms with E-state index in [-0.39, 0.29) is 0 Å². The second kappa shape index (κ2) is 13.9. The summed E-state index contributed by atoms with van der Waals surface area (Å²) in [5, 5.41) is 12.7. The molecule has 2 N–H and O–H groups in total. The number of aliphatic hydroxyl groups is 1. The molecule has 104 valence electrons. The van der Waals surface area contributed by atoms with Gasteiger partial charge >= 0.3 is 0 Å². The molecule has 5 nitrogen and oxygen atoms in total. The number of hydrogen-bond acceptors (Lipinski definition) is 5. The van der Waals surface area contributed by atoms with Crippen molar-refractivity contribution in [1.82, 2.24) is 5.32 Å². The molecule has 0 saturated carbocycles. The van der Waals surface area contributed by atoms with Crippen LogP contribution in [-0.4, -0.2) is 64.4 Å². The Kier molecular flexibility index (Phi) is 13.7. The van der Waals surface area contributed by atoms with Crippen molar-refractivity contribution in [1.29, 1.82) is 0 Å². The van der Waals surface area contributed by atoms with E-state index in [1.807, 2.05) is 0 Å². The predicted octanol–water partition coefficient (Wildman–Crippen LogP) is 0.417. The zero-order valence-electron chi connectivity index (χ0n) is 11.1. The van der Waals surface area contributed by atoms with Crippen LogP contribution in [0.1, 0.15) is 19.8 Å². The molecule has 0 saturated heterocycles. The number of nitrogens with one attached hydrogen (secondary N) is 1. The molecule has 0 aliphatic rings. The monoisotopic (exact) mass is 249 g/mol. The van der Waals surface area contributed by atoms with E-state index >= 15 is 0 Å². The largest absolute Gasteiger partial charge is 0.389 e. The maximum atomic E-state index is 9.51. The lowest BCUT2D eigenvalue weighted by Gasteiger charge is -2.12. The van der Waals surface area contributed by atoms with E-state index in [2.05, 4.69) is 12.2 Å². The summed E-state index contributed by atoms with van der Waals surface area (Å²) in [6.07, 6.45) is 1.50. The van der Waals surface area contributed by atoms with Crippen molar-refractivity contribution in [3.8, 4) is 0 Å². The van der Waals surface area contributed by atoms with Crippen molar-refractivity contribution in [2.45, 2.75) is 25.9 Å². The van der Waals surface area contributed by atoms with Crippen molar-refractivity contribution in [3.05, 3.63) is 0 Å². The molecule has 5 heteroatoms. The Morgan fingerprint density at radius 3 is 2.59 bits per heavy atom. The fourth-order valence-electron chi connectivity index (χ4n) is 1.23. The van der Waals surface area contributed by atoms with Crippen LogP contribution in [0.15, 0.2) is 0 Å².